The van der Waals surface area contributed by atoms with E-state index in [1.165, 1.54) is 270 Å². The Bertz CT molecular complexity index is 2020. The second kappa shape index (κ2) is 40.4. The molecule has 0 aliphatic heterocycles. The Labute approximate surface area is 582 Å². The maximum absolute atomic E-state index is 7.25. The van der Waals surface area contributed by atoms with Gasteiger partial charge in [0.1, 0.15) is 0 Å². The average molecular weight is 1300 g/mol. The maximum Gasteiger partial charge on any atom is 0.0645 e. The van der Waals surface area contributed by atoms with E-state index in [0.29, 0.717) is 47.7 Å². The van der Waals surface area contributed by atoms with Gasteiger partial charge in [-0.3, -0.25) is 0 Å². The van der Waals surface area contributed by atoms with Gasteiger partial charge in [-0.25, -0.2) is 0 Å². The lowest BCUT2D eigenvalue weighted by atomic mass is 9.46. The summed E-state index contributed by atoms with van der Waals surface area (Å²) in [6.45, 7) is 13.1. The summed E-state index contributed by atoms with van der Waals surface area (Å²) in [5.41, 5.74) is 0. The molecule has 0 aromatic heterocycles. The summed E-state index contributed by atoms with van der Waals surface area (Å²) in [5.74, 6) is 16.8. The number of allylic oxidation sites excluding steroid dienone is 4. The smallest absolute Gasteiger partial charge is 0.0645 e. The fourth-order valence-corrected chi connectivity index (χ4v) is 24.4. The molecule has 0 aromatic carbocycles. The summed E-state index contributed by atoms with van der Waals surface area (Å²) < 4.78 is 29.0. The molecule has 4 nitrogen and oxygen atoms in total. The second-order valence-corrected chi connectivity index (χ2v) is 35.4. The Kier molecular flexibility index (Phi) is 31.8. The van der Waals surface area contributed by atoms with Crippen LogP contribution in [0.5, 0.6) is 0 Å². The van der Waals surface area contributed by atoms with Crippen LogP contribution in [-0.2, 0) is 18.9 Å². The molecule has 0 spiro atoms. The standard InChI is InChI=1S/C90H152O4/c1-5-9-13-17-21-25-58-91-83-65-79(52-44-69-42-46-75-50-48-71-34-30-36-73-54-56-81(69)89(75)87(71)73)85(93-60-27-23-19-15-11-7-3)63-77(83)40-38-67-32-29-33-68(62-67)39-41-78-64-86(94-61-28-24-20-16-12-8-4)80(66-84(78)92-59-26-22-18-14-10-6-2)53-45-70-43-47-76-51-49-72-35-31-37-74-55-57-82(70)90(76)88(72)74/h38-41,44-45,52-53,67-90H,5-37,42-43,46-51,54-66H2,1-4H3. The minimum atomic E-state index is 0.281. The van der Waals surface area contributed by atoms with Crippen LogP contribution in [0.3, 0.4) is 0 Å². The first-order valence-electron chi connectivity index (χ1n) is 43.7. The molecule has 24 unspecified atom stereocenters. The van der Waals surface area contributed by atoms with Crippen molar-refractivity contribution in [2.75, 3.05) is 26.4 Å². The normalized spacial score (nSPS) is 39.8. The molecule has 11 rings (SSSR count). The Morgan fingerprint density at radius 1 is 0.223 bits per heavy atom. The predicted octanol–water partition coefficient (Wildman–Crippen LogP) is 25.8. The monoisotopic (exact) mass is 1300 g/mol. The number of rotatable bonds is 40. The number of unbranched alkanes of at least 4 members (excludes halogenated alkanes) is 20. The van der Waals surface area contributed by atoms with Crippen molar-refractivity contribution in [2.24, 2.45) is 118 Å². The van der Waals surface area contributed by atoms with Gasteiger partial charge in [-0.2, -0.15) is 0 Å². The molecule has 0 bridgehead atoms. The molecule has 0 radical (unpaired) electrons. The van der Waals surface area contributed by atoms with E-state index in [9.17, 15) is 0 Å². The molecular weight excluding hydrogens is 1140 g/mol. The minimum Gasteiger partial charge on any atom is -0.378 e. The van der Waals surface area contributed by atoms with Crippen molar-refractivity contribution >= 4 is 0 Å². The molecule has 0 saturated heterocycles. The Morgan fingerprint density at radius 3 is 0.809 bits per heavy atom. The molecule has 0 heterocycles. The fourth-order valence-electron chi connectivity index (χ4n) is 24.4. The van der Waals surface area contributed by atoms with E-state index in [2.05, 4.69) is 76.3 Å². The van der Waals surface area contributed by atoms with Crippen LogP contribution in [0.1, 0.15) is 349 Å². The topological polar surface area (TPSA) is 36.9 Å². The number of hydrogen-bond acceptors (Lipinski definition) is 4. The van der Waals surface area contributed by atoms with Crippen molar-refractivity contribution < 1.29 is 18.9 Å². The quantitative estimate of drug-likeness (QED) is 0.0453. The first kappa shape index (κ1) is 74.0. The van der Waals surface area contributed by atoms with Gasteiger partial charge in [0.15, 0.2) is 0 Å². The Balaban J connectivity index is 0.772. The van der Waals surface area contributed by atoms with Crippen molar-refractivity contribution in [3.8, 4) is 0 Å². The van der Waals surface area contributed by atoms with Crippen LogP contribution in [0, 0.1) is 118 Å². The predicted molar refractivity (Wildman–Crippen MR) is 399 cm³/mol. The zero-order chi connectivity index (χ0) is 64.5. The molecule has 4 heteroatoms. The van der Waals surface area contributed by atoms with Gasteiger partial charge in [-0.1, -0.05) is 250 Å². The molecule has 0 N–H and O–H groups in total. The van der Waals surface area contributed by atoms with Crippen LogP contribution < -0.4 is 0 Å². The first-order chi connectivity index (χ1) is 46.5. The minimum absolute atomic E-state index is 0.281. The zero-order valence-electron chi connectivity index (χ0n) is 62.3. The van der Waals surface area contributed by atoms with Crippen molar-refractivity contribution in [1.29, 1.82) is 0 Å². The summed E-state index contributed by atoms with van der Waals surface area (Å²) in [6.07, 6.45) is 92.1. The van der Waals surface area contributed by atoms with E-state index >= 15 is 0 Å². The number of ether oxygens (including phenoxy) is 4. The van der Waals surface area contributed by atoms with Crippen LogP contribution in [0.25, 0.3) is 0 Å². The lowest BCUT2D eigenvalue weighted by molar-refractivity contribution is -0.0895. The zero-order valence-corrected chi connectivity index (χ0v) is 62.3. The lowest BCUT2D eigenvalue weighted by Gasteiger charge is -2.59. The molecular formula is C90H152O4. The van der Waals surface area contributed by atoms with Gasteiger partial charge < -0.3 is 18.9 Å². The van der Waals surface area contributed by atoms with Crippen LogP contribution in [0.4, 0.5) is 0 Å². The van der Waals surface area contributed by atoms with E-state index in [-0.39, 0.29) is 12.2 Å². The third kappa shape index (κ3) is 21.0. The van der Waals surface area contributed by atoms with E-state index in [0.717, 1.165) is 135 Å². The van der Waals surface area contributed by atoms with Gasteiger partial charge in [0.25, 0.3) is 0 Å². The van der Waals surface area contributed by atoms with E-state index in [1.54, 1.807) is 25.7 Å². The highest BCUT2D eigenvalue weighted by molar-refractivity contribution is 5.13. The van der Waals surface area contributed by atoms with Crippen molar-refractivity contribution in [1.82, 2.24) is 0 Å². The highest BCUT2D eigenvalue weighted by atomic mass is 16.5. The highest BCUT2D eigenvalue weighted by Crippen LogP contribution is 2.63. The summed E-state index contributed by atoms with van der Waals surface area (Å²) in [6, 6.07) is 0. The summed E-state index contributed by atoms with van der Waals surface area (Å²) >= 11 is 0. The molecule has 11 aliphatic rings. The first-order valence-corrected chi connectivity index (χ1v) is 43.7. The van der Waals surface area contributed by atoms with E-state index < -0.39 is 0 Å². The second-order valence-electron chi connectivity index (χ2n) is 35.4. The Hall–Kier alpha value is -1.20. The number of hydrogen-bond donors (Lipinski definition) is 0. The Morgan fingerprint density at radius 2 is 0.479 bits per heavy atom. The molecule has 536 valence electrons. The van der Waals surface area contributed by atoms with Gasteiger partial charge in [-0.15, -0.1) is 0 Å². The summed E-state index contributed by atoms with van der Waals surface area (Å²) in [4.78, 5) is 0. The van der Waals surface area contributed by atoms with E-state index in [1.807, 2.05) is 0 Å². The van der Waals surface area contributed by atoms with Crippen molar-refractivity contribution in [2.45, 2.75) is 373 Å². The third-order valence-corrected chi connectivity index (χ3v) is 29.3. The molecule has 94 heavy (non-hydrogen) atoms. The third-order valence-electron chi connectivity index (χ3n) is 29.3. The maximum atomic E-state index is 7.25. The van der Waals surface area contributed by atoms with Crippen LogP contribution >= 0.6 is 0 Å². The van der Waals surface area contributed by atoms with Crippen LogP contribution in [0.2, 0.25) is 0 Å². The van der Waals surface area contributed by atoms with Gasteiger partial charge in [0, 0.05) is 50.1 Å². The molecule has 24 atom stereocenters. The molecule has 11 saturated carbocycles. The lowest BCUT2D eigenvalue weighted by Crippen LogP contribution is -2.51. The average Bonchev–Trinajstić information content (AvgIpc) is 0.752. The molecule has 0 amide bonds. The van der Waals surface area contributed by atoms with Gasteiger partial charge >= 0.3 is 0 Å². The largest absolute Gasteiger partial charge is 0.378 e. The van der Waals surface area contributed by atoms with E-state index in [4.69, 9.17) is 18.9 Å². The van der Waals surface area contributed by atoms with Gasteiger partial charge in [0.05, 0.1) is 24.4 Å². The molecule has 0 aromatic rings. The SMILES string of the molecule is CCCCCCCCOC1CC(C=CC2CCC3CCC4CCCC5CCC2C3C45)C(OCCCCCCCC)CC1C=CC1CCCC(C=CC2CC(OCCCCCCCC)C(C=CC3CCC4CCC5CCCC6CCC3C4C56)CC2OCCCCCCCC)C1. The fraction of sp³-hybridized carbons (Fsp3) is 0.911. The van der Waals surface area contributed by atoms with Gasteiger partial charge in [-0.05, 0) is 242 Å². The van der Waals surface area contributed by atoms with Crippen molar-refractivity contribution in [3.63, 3.8) is 0 Å². The summed E-state index contributed by atoms with van der Waals surface area (Å²) in [7, 11) is 0. The summed E-state index contributed by atoms with van der Waals surface area (Å²) in [5, 5.41) is 0. The highest BCUT2D eigenvalue weighted by Gasteiger charge is 2.55. The molecule has 11 fully saturated rings. The van der Waals surface area contributed by atoms with Crippen LogP contribution in [0.15, 0.2) is 48.6 Å². The molecule has 11 aliphatic carbocycles. The van der Waals surface area contributed by atoms with Gasteiger partial charge in [0.2, 0.25) is 0 Å². The van der Waals surface area contributed by atoms with Crippen molar-refractivity contribution in [3.05, 3.63) is 48.6 Å². The van der Waals surface area contributed by atoms with Crippen LogP contribution in [-0.4, -0.2) is 50.8 Å².